The van der Waals surface area contributed by atoms with E-state index in [0.717, 1.165) is 54.5 Å². The van der Waals surface area contributed by atoms with Crippen molar-refractivity contribution in [1.29, 1.82) is 0 Å². The van der Waals surface area contributed by atoms with Crippen molar-refractivity contribution in [2.24, 2.45) is 0 Å². The van der Waals surface area contributed by atoms with Gasteiger partial charge in [-0.05, 0) is 90.2 Å². The number of nitrogens with zero attached hydrogens (tertiary/aromatic N) is 5. The Labute approximate surface area is 212 Å². The molecule has 5 rings (SSSR count). The van der Waals surface area contributed by atoms with E-state index in [1.165, 1.54) is 29.5 Å². The van der Waals surface area contributed by atoms with Crippen LogP contribution in [0.2, 0.25) is 0 Å². The largest absolute Gasteiger partial charge is 0.322 e. The Kier molecular flexibility index (Phi) is 7.28. The highest BCUT2D eigenvalue weighted by Gasteiger charge is 2.32. The fourth-order valence-corrected chi connectivity index (χ4v) is 5.62. The Balaban J connectivity index is 1.46. The van der Waals surface area contributed by atoms with Gasteiger partial charge in [-0.2, -0.15) is 0 Å². The average Bonchev–Trinajstić information content (AvgIpc) is 3.57. The Hall–Kier alpha value is -3.32. The summed E-state index contributed by atoms with van der Waals surface area (Å²) in [4.78, 5) is 18.8. The number of H-pyrrole nitrogens is 1. The topological polar surface area (TPSA) is 79.7 Å². The summed E-state index contributed by atoms with van der Waals surface area (Å²) in [6, 6.07) is 17.2. The molecule has 36 heavy (non-hydrogen) atoms. The number of benzene rings is 2. The first kappa shape index (κ1) is 24.4. The molecule has 0 bridgehead atoms. The van der Waals surface area contributed by atoms with Crippen LogP contribution >= 0.6 is 0 Å². The lowest BCUT2D eigenvalue weighted by atomic mass is 10.0. The van der Waals surface area contributed by atoms with Crippen molar-refractivity contribution in [3.8, 4) is 0 Å². The smallest absolute Gasteiger partial charge is 0.252 e. The van der Waals surface area contributed by atoms with Crippen LogP contribution in [0.25, 0.3) is 10.9 Å². The number of hydrogen-bond donors (Lipinski definition) is 1. The summed E-state index contributed by atoms with van der Waals surface area (Å²) >= 11 is 0. The van der Waals surface area contributed by atoms with E-state index in [9.17, 15) is 4.79 Å². The van der Waals surface area contributed by atoms with Crippen molar-refractivity contribution in [3.63, 3.8) is 0 Å². The molecule has 1 saturated carbocycles. The zero-order valence-corrected chi connectivity index (χ0v) is 21.6. The fraction of sp³-hybridized carbons (Fsp3) is 0.448. The maximum atomic E-state index is 13.2. The molecule has 7 heteroatoms. The summed E-state index contributed by atoms with van der Waals surface area (Å²) in [5.74, 6) is 0.893. The Morgan fingerprint density at radius 3 is 2.58 bits per heavy atom. The predicted molar refractivity (Wildman–Crippen MR) is 143 cm³/mol. The van der Waals surface area contributed by atoms with Crippen LogP contribution in [-0.4, -0.2) is 36.1 Å². The third-order valence-corrected chi connectivity index (χ3v) is 7.78. The Bertz CT molecular complexity index is 1370. The van der Waals surface area contributed by atoms with Gasteiger partial charge in [-0.3, -0.25) is 9.69 Å². The quantitative estimate of drug-likeness (QED) is 0.350. The summed E-state index contributed by atoms with van der Waals surface area (Å²) in [7, 11) is 0. The highest BCUT2D eigenvalue weighted by atomic mass is 16.1. The van der Waals surface area contributed by atoms with Crippen LogP contribution in [0.3, 0.4) is 0 Å². The van der Waals surface area contributed by atoms with Crippen LogP contribution in [0.1, 0.15) is 73.1 Å². The number of rotatable bonds is 9. The van der Waals surface area contributed by atoms with E-state index in [-0.39, 0.29) is 11.6 Å². The number of nitrogens with one attached hydrogen (secondary N) is 1. The number of aromatic amines is 1. The van der Waals surface area contributed by atoms with Gasteiger partial charge in [-0.1, -0.05) is 50.1 Å². The first-order valence-electron chi connectivity index (χ1n) is 13.2. The van der Waals surface area contributed by atoms with E-state index in [2.05, 4.69) is 88.6 Å². The lowest BCUT2D eigenvalue weighted by molar-refractivity contribution is 0.112. The summed E-state index contributed by atoms with van der Waals surface area (Å²) in [6.07, 6.45) is 6.50. The summed E-state index contributed by atoms with van der Waals surface area (Å²) < 4.78 is 1.96. The van der Waals surface area contributed by atoms with Crippen LogP contribution in [0.5, 0.6) is 0 Å². The van der Waals surface area contributed by atoms with Crippen LogP contribution < -0.4 is 5.56 Å². The van der Waals surface area contributed by atoms with Crippen molar-refractivity contribution < 1.29 is 0 Å². The van der Waals surface area contributed by atoms with Crippen LogP contribution in [0.4, 0.5) is 0 Å². The van der Waals surface area contributed by atoms with Gasteiger partial charge in [0.05, 0.1) is 6.04 Å². The highest BCUT2D eigenvalue weighted by Crippen LogP contribution is 2.33. The minimum atomic E-state index is -0.00716. The molecule has 2 aromatic heterocycles. The van der Waals surface area contributed by atoms with E-state index in [1.807, 2.05) is 10.7 Å². The minimum Gasteiger partial charge on any atom is -0.322 e. The molecule has 0 spiro atoms. The number of hydrogen-bond acceptors (Lipinski definition) is 5. The zero-order valence-electron chi connectivity index (χ0n) is 21.6. The van der Waals surface area contributed by atoms with Gasteiger partial charge in [0, 0.05) is 30.2 Å². The SMILES string of the molecule is CC[C@@H](c1nnnn1CCc1ccccc1)N(Cc1cc2cc(C)c(C)cc2[nH]c1=O)C1CCCC1. The molecule has 0 saturated heterocycles. The van der Waals surface area contributed by atoms with Crippen molar-refractivity contribution in [3.05, 3.63) is 87.0 Å². The zero-order chi connectivity index (χ0) is 25.1. The molecule has 0 radical (unpaired) electrons. The molecule has 1 aliphatic carbocycles. The molecule has 2 heterocycles. The second kappa shape index (κ2) is 10.7. The molecule has 188 valence electrons. The monoisotopic (exact) mass is 484 g/mol. The molecule has 1 aliphatic rings. The van der Waals surface area contributed by atoms with E-state index in [0.29, 0.717) is 12.6 Å². The molecular formula is C29H36N6O. The Morgan fingerprint density at radius 1 is 1.08 bits per heavy atom. The standard InChI is InChI=1S/C29H36N6O/c1-4-27(28-31-32-33-35(28)15-14-22-10-6-5-7-11-22)34(25-12-8-9-13-25)19-24-18-23-16-20(2)21(3)17-26(23)30-29(24)36/h5-7,10-11,16-18,25,27H,4,8-9,12-15,19H2,1-3H3,(H,30,36)/t27-/m0/s1. The van der Waals surface area contributed by atoms with E-state index in [1.54, 1.807) is 0 Å². The summed E-state index contributed by atoms with van der Waals surface area (Å²) in [6.45, 7) is 7.71. The molecule has 7 nitrogen and oxygen atoms in total. The fourth-order valence-electron chi connectivity index (χ4n) is 5.62. The molecule has 2 aromatic carbocycles. The Morgan fingerprint density at radius 2 is 1.83 bits per heavy atom. The first-order chi connectivity index (χ1) is 17.5. The molecule has 0 aliphatic heterocycles. The number of pyridine rings is 1. The highest BCUT2D eigenvalue weighted by molar-refractivity contribution is 5.80. The van der Waals surface area contributed by atoms with Gasteiger partial charge in [0.1, 0.15) is 0 Å². The van der Waals surface area contributed by atoms with Crippen LogP contribution in [-0.2, 0) is 19.5 Å². The normalized spacial score (nSPS) is 15.2. The molecule has 1 atom stereocenters. The van der Waals surface area contributed by atoms with E-state index < -0.39 is 0 Å². The van der Waals surface area contributed by atoms with Gasteiger partial charge in [-0.15, -0.1) is 5.10 Å². The molecule has 0 amide bonds. The van der Waals surface area contributed by atoms with Crippen molar-refractivity contribution in [1.82, 2.24) is 30.1 Å². The molecule has 4 aromatic rings. The number of aromatic nitrogens is 5. The minimum absolute atomic E-state index is 0.00716. The average molecular weight is 485 g/mol. The number of tetrazole rings is 1. The lowest BCUT2D eigenvalue weighted by Gasteiger charge is -2.35. The van der Waals surface area contributed by atoms with Crippen molar-refractivity contribution >= 4 is 10.9 Å². The lowest BCUT2D eigenvalue weighted by Crippen LogP contribution is -2.39. The van der Waals surface area contributed by atoms with Gasteiger partial charge < -0.3 is 4.98 Å². The third-order valence-electron chi connectivity index (χ3n) is 7.78. The summed E-state index contributed by atoms with van der Waals surface area (Å²) in [5.41, 5.74) is 5.39. The molecule has 0 unspecified atom stereocenters. The maximum absolute atomic E-state index is 13.2. The van der Waals surface area contributed by atoms with Gasteiger partial charge in [-0.25, -0.2) is 4.68 Å². The second-order valence-corrected chi connectivity index (χ2v) is 10.2. The van der Waals surface area contributed by atoms with E-state index in [4.69, 9.17) is 0 Å². The van der Waals surface area contributed by atoms with Crippen molar-refractivity contribution in [2.45, 2.75) is 84.5 Å². The van der Waals surface area contributed by atoms with Gasteiger partial charge in [0.2, 0.25) is 0 Å². The molecule has 1 fully saturated rings. The second-order valence-electron chi connectivity index (χ2n) is 10.2. The van der Waals surface area contributed by atoms with Crippen LogP contribution in [0.15, 0.2) is 53.3 Å². The molecule has 1 N–H and O–H groups in total. The first-order valence-corrected chi connectivity index (χ1v) is 13.2. The van der Waals surface area contributed by atoms with E-state index >= 15 is 0 Å². The van der Waals surface area contributed by atoms with Crippen LogP contribution in [0, 0.1) is 13.8 Å². The van der Waals surface area contributed by atoms with Gasteiger partial charge in [0.25, 0.3) is 5.56 Å². The summed E-state index contributed by atoms with van der Waals surface area (Å²) in [5, 5.41) is 14.0. The number of aryl methyl sites for hydroxylation is 4. The van der Waals surface area contributed by atoms with Gasteiger partial charge >= 0.3 is 0 Å². The van der Waals surface area contributed by atoms with Crippen molar-refractivity contribution in [2.75, 3.05) is 0 Å². The molecular weight excluding hydrogens is 448 g/mol. The number of fused-ring (bicyclic) bond motifs is 1. The van der Waals surface area contributed by atoms with Gasteiger partial charge in [0.15, 0.2) is 5.82 Å². The third kappa shape index (κ3) is 5.12. The maximum Gasteiger partial charge on any atom is 0.252 e. The predicted octanol–water partition coefficient (Wildman–Crippen LogP) is 5.27.